The number of nitrogens with one attached hydrogen (secondary N) is 2. The minimum absolute atomic E-state index is 0.480. The first-order valence-electron chi connectivity index (χ1n) is 9.20. The van der Waals surface area contributed by atoms with Gasteiger partial charge in [0.2, 0.25) is 0 Å². The van der Waals surface area contributed by atoms with Gasteiger partial charge in [-0.3, -0.25) is 4.90 Å². The minimum Gasteiger partial charge on any atom is -0.360 e. The van der Waals surface area contributed by atoms with Gasteiger partial charge >= 0.3 is 0 Å². The van der Waals surface area contributed by atoms with Crippen molar-refractivity contribution in [3.05, 3.63) is 66.2 Å². The van der Waals surface area contributed by atoms with Gasteiger partial charge in [-0.15, -0.1) is 0 Å². The van der Waals surface area contributed by atoms with E-state index >= 15 is 0 Å². The summed E-state index contributed by atoms with van der Waals surface area (Å²) in [5.41, 5.74) is 2.47. The second-order valence-corrected chi connectivity index (χ2v) is 7.58. The monoisotopic (exact) mass is 351 g/mol. The molecule has 0 aromatic heterocycles. The van der Waals surface area contributed by atoms with Crippen molar-refractivity contribution in [1.82, 2.24) is 10.2 Å². The molecule has 0 aliphatic carbocycles. The molecule has 4 rings (SSSR count). The van der Waals surface area contributed by atoms with E-state index in [-0.39, 0.29) is 0 Å². The molecule has 2 heterocycles. The van der Waals surface area contributed by atoms with E-state index in [0.717, 1.165) is 17.3 Å². The van der Waals surface area contributed by atoms with Crippen LogP contribution in [-0.2, 0) is 6.54 Å². The van der Waals surface area contributed by atoms with Crippen molar-refractivity contribution in [1.29, 1.82) is 0 Å². The average Bonchev–Trinajstić information content (AvgIpc) is 2.86. The first-order chi connectivity index (χ1) is 12.3. The fourth-order valence-electron chi connectivity index (χ4n) is 4.32. The van der Waals surface area contributed by atoms with Crippen molar-refractivity contribution in [3.8, 4) is 0 Å². The number of piperidine rings is 1. The molecule has 2 aromatic carbocycles. The van der Waals surface area contributed by atoms with Gasteiger partial charge in [-0.2, -0.15) is 0 Å². The number of benzene rings is 2. The van der Waals surface area contributed by atoms with Gasteiger partial charge in [0.1, 0.15) is 0 Å². The van der Waals surface area contributed by atoms with E-state index in [9.17, 15) is 0 Å². The summed E-state index contributed by atoms with van der Waals surface area (Å²) in [6.45, 7) is 1.08. The van der Waals surface area contributed by atoms with E-state index in [2.05, 4.69) is 45.9 Å². The van der Waals surface area contributed by atoms with E-state index in [1.54, 1.807) is 0 Å². The Kier molecular flexibility index (Phi) is 4.99. The molecule has 130 valence electrons. The van der Waals surface area contributed by atoms with Gasteiger partial charge in [-0.25, -0.2) is 0 Å². The number of anilines is 1. The third kappa shape index (κ3) is 4.02. The van der Waals surface area contributed by atoms with Gasteiger partial charge in [0.15, 0.2) is 5.11 Å². The maximum Gasteiger partial charge on any atom is 0.170 e. The van der Waals surface area contributed by atoms with Gasteiger partial charge in [0, 0.05) is 30.4 Å². The SMILES string of the molecule is S=C(Nc1ccccc1)NC1C[C@H]2CC[C@H](C1)N2Cc1ccccc1. The maximum atomic E-state index is 5.51. The Labute approximate surface area is 155 Å². The molecule has 2 saturated heterocycles. The zero-order chi connectivity index (χ0) is 17.1. The van der Waals surface area contributed by atoms with Crippen LogP contribution in [0.25, 0.3) is 0 Å². The number of thiocarbonyl (C=S) groups is 1. The van der Waals surface area contributed by atoms with Crippen molar-refractivity contribution >= 4 is 23.0 Å². The lowest BCUT2D eigenvalue weighted by Gasteiger charge is -2.39. The molecule has 0 unspecified atom stereocenters. The van der Waals surface area contributed by atoms with Gasteiger partial charge in [0.25, 0.3) is 0 Å². The van der Waals surface area contributed by atoms with E-state index < -0.39 is 0 Å². The van der Waals surface area contributed by atoms with E-state index in [1.807, 2.05) is 30.3 Å². The molecule has 25 heavy (non-hydrogen) atoms. The quantitative estimate of drug-likeness (QED) is 0.809. The number of nitrogens with zero attached hydrogens (tertiary/aromatic N) is 1. The fraction of sp³-hybridized carbons (Fsp3) is 0.381. The lowest BCUT2D eigenvalue weighted by molar-refractivity contribution is 0.115. The number of para-hydroxylation sites is 1. The first kappa shape index (κ1) is 16.6. The van der Waals surface area contributed by atoms with Crippen LogP contribution in [0.15, 0.2) is 60.7 Å². The predicted octanol–water partition coefficient (Wildman–Crippen LogP) is 4.17. The van der Waals surface area contributed by atoms with Crippen molar-refractivity contribution < 1.29 is 0 Å². The van der Waals surface area contributed by atoms with Crippen molar-refractivity contribution in [2.45, 2.75) is 50.4 Å². The highest BCUT2D eigenvalue weighted by atomic mass is 32.1. The highest BCUT2D eigenvalue weighted by Gasteiger charge is 2.40. The Balaban J connectivity index is 1.33. The Hall–Kier alpha value is -1.91. The Morgan fingerprint density at radius 2 is 1.52 bits per heavy atom. The molecule has 0 saturated carbocycles. The van der Waals surface area contributed by atoms with Crippen molar-refractivity contribution in [2.24, 2.45) is 0 Å². The highest BCUT2D eigenvalue weighted by molar-refractivity contribution is 7.80. The molecule has 0 radical (unpaired) electrons. The van der Waals surface area contributed by atoms with E-state index in [1.165, 1.54) is 31.2 Å². The van der Waals surface area contributed by atoms with Gasteiger partial charge in [-0.1, -0.05) is 48.5 Å². The van der Waals surface area contributed by atoms with Crippen LogP contribution < -0.4 is 10.6 Å². The average molecular weight is 352 g/mol. The second kappa shape index (κ2) is 7.54. The molecule has 0 spiro atoms. The van der Waals surface area contributed by atoms with E-state index in [0.29, 0.717) is 18.1 Å². The molecule has 2 fully saturated rings. The topological polar surface area (TPSA) is 27.3 Å². The van der Waals surface area contributed by atoms with Gasteiger partial charge in [-0.05, 0) is 55.6 Å². The Morgan fingerprint density at radius 3 is 2.16 bits per heavy atom. The Bertz CT molecular complexity index is 690. The zero-order valence-electron chi connectivity index (χ0n) is 14.4. The van der Waals surface area contributed by atoms with Crippen LogP contribution in [0.1, 0.15) is 31.2 Å². The molecule has 2 aromatic rings. The number of hydrogen-bond acceptors (Lipinski definition) is 2. The largest absolute Gasteiger partial charge is 0.360 e. The summed E-state index contributed by atoms with van der Waals surface area (Å²) in [5.74, 6) is 0. The molecule has 2 atom stereocenters. The molecule has 2 bridgehead atoms. The molecule has 2 N–H and O–H groups in total. The molecule has 2 aliphatic heterocycles. The summed E-state index contributed by atoms with van der Waals surface area (Å²) in [5, 5.41) is 7.59. The fourth-order valence-corrected chi connectivity index (χ4v) is 4.60. The zero-order valence-corrected chi connectivity index (χ0v) is 15.2. The van der Waals surface area contributed by atoms with Crippen LogP contribution in [0.4, 0.5) is 5.69 Å². The number of fused-ring (bicyclic) bond motifs is 2. The minimum atomic E-state index is 0.480. The normalized spacial score (nSPS) is 25.5. The van der Waals surface area contributed by atoms with Crippen molar-refractivity contribution in [3.63, 3.8) is 0 Å². The standard InChI is InChI=1S/C21H25N3S/c25-21(22-17-9-5-2-6-10-17)23-18-13-19-11-12-20(14-18)24(19)15-16-7-3-1-4-8-16/h1-10,18-20H,11-15H2,(H2,22,23,25)/t19-,20-/m1/s1. The third-order valence-corrected chi connectivity index (χ3v) is 5.68. The lowest BCUT2D eigenvalue weighted by atomic mass is 9.96. The van der Waals surface area contributed by atoms with Crippen LogP contribution in [0.2, 0.25) is 0 Å². The van der Waals surface area contributed by atoms with Crippen LogP contribution in [0.3, 0.4) is 0 Å². The number of hydrogen-bond donors (Lipinski definition) is 2. The van der Waals surface area contributed by atoms with Crippen LogP contribution in [0.5, 0.6) is 0 Å². The summed E-state index contributed by atoms with van der Waals surface area (Å²) >= 11 is 5.51. The number of rotatable bonds is 4. The molecule has 2 aliphatic rings. The van der Waals surface area contributed by atoms with Gasteiger partial charge in [0.05, 0.1) is 0 Å². The summed E-state index contributed by atoms with van der Waals surface area (Å²) in [4.78, 5) is 2.71. The molecular weight excluding hydrogens is 326 g/mol. The van der Waals surface area contributed by atoms with Crippen molar-refractivity contribution in [2.75, 3.05) is 5.32 Å². The summed E-state index contributed by atoms with van der Waals surface area (Å²) < 4.78 is 0. The molecular formula is C21H25N3S. The third-order valence-electron chi connectivity index (χ3n) is 5.46. The van der Waals surface area contributed by atoms with E-state index in [4.69, 9.17) is 12.2 Å². The smallest absolute Gasteiger partial charge is 0.170 e. The lowest BCUT2D eigenvalue weighted by Crippen LogP contribution is -2.50. The molecule has 0 amide bonds. The summed E-state index contributed by atoms with van der Waals surface area (Å²) in [7, 11) is 0. The molecule has 4 heteroatoms. The molecule has 3 nitrogen and oxygen atoms in total. The van der Waals surface area contributed by atoms with Crippen LogP contribution >= 0.6 is 12.2 Å². The van der Waals surface area contributed by atoms with Crippen LogP contribution in [0, 0.1) is 0 Å². The maximum absolute atomic E-state index is 5.51. The predicted molar refractivity (Wildman–Crippen MR) is 108 cm³/mol. The summed E-state index contributed by atoms with van der Waals surface area (Å²) in [6.07, 6.45) is 4.99. The Morgan fingerprint density at radius 1 is 0.920 bits per heavy atom. The summed E-state index contributed by atoms with van der Waals surface area (Å²) in [6, 6.07) is 22.8. The second-order valence-electron chi connectivity index (χ2n) is 7.18. The first-order valence-corrected chi connectivity index (χ1v) is 9.61. The van der Waals surface area contributed by atoms with Crippen LogP contribution in [-0.4, -0.2) is 28.1 Å². The highest BCUT2D eigenvalue weighted by Crippen LogP contribution is 2.36. The van der Waals surface area contributed by atoms with Gasteiger partial charge < -0.3 is 10.6 Å².